The summed E-state index contributed by atoms with van der Waals surface area (Å²) < 4.78 is 6.40. The second-order valence-electron chi connectivity index (χ2n) is 3.27. The standard InChI is InChI=1S/C11H14BrNO3/c1-13-10(11(14)15)6-7-16-9-4-2-8(12)3-5-9/h2-5,10,13H,6-7H2,1H3,(H,14,15). The molecule has 5 heteroatoms. The molecule has 16 heavy (non-hydrogen) atoms. The second kappa shape index (κ2) is 6.50. The van der Waals surface area contributed by atoms with E-state index in [2.05, 4.69) is 21.2 Å². The minimum absolute atomic E-state index is 0.374. The van der Waals surface area contributed by atoms with E-state index >= 15 is 0 Å². The van der Waals surface area contributed by atoms with Crippen molar-refractivity contribution in [3.8, 4) is 5.75 Å². The van der Waals surface area contributed by atoms with E-state index in [-0.39, 0.29) is 0 Å². The van der Waals surface area contributed by atoms with E-state index in [1.165, 1.54) is 0 Å². The topological polar surface area (TPSA) is 58.6 Å². The Labute approximate surface area is 103 Å². The maximum atomic E-state index is 10.7. The van der Waals surface area contributed by atoms with E-state index in [0.717, 1.165) is 10.2 Å². The molecule has 0 amide bonds. The highest BCUT2D eigenvalue weighted by Gasteiger charge is 2.14. The number of aliphatic carboxylic acids is 1. The summed E-state index contributed by atoms with van der Waals surface area (Å²) in [7, 11) is 1.62. The van der Waals surface area contributed by atoms with Crippen LogP contribution in [0.2, 0.25) is 0 Å². The normalized spacial score (nSPS) is 12.1. The Kier molecular flexibility index (Phi) is 5.28. The van der Waals surface area contributed by atoms with Gasteiger partial charge in [0.1, 0.15) is 11.8 Å². The van der Waals surface area contributed by atoms with Crippen LogP contribution in [-0.4, -0.2) is 30.8 Å². The van der Waals surface area contributed by atoms with Gasteiger partial charge in [0.2, 0.25) is 0 Å². The SMILES string of the molecule is CNC(CCOc1ccc(Br)cc1)C(=O)O. The molecule has 4 nitrogen and oxygen atoms in total. The van der Waals surface area contributed by atoms with Gasteiger partial charge in [-0.3, -0.25) is 4.79 Å². The first kappa shape index (κ1) is 13.0. The predicted molar refractivity (Wildman–Crippen MR) is 64.7 cm³/mol. The summed E-state index contributed by atoms with van der Waals surface area (Å²) in [6, 6.07) is 6.86. The van der Waals surface area contributed by atoms with Crippen LogP contribution in [-0.2, 0) is 4.79 Å². The number of hydrogen-bond donors (Lipinski definition) is 2. The van der Waals surface area contributed by atoms with Crippen LogP contribution in [0.3, 0.4) is 0 Å². The van der Waals surface area contributed by atoms with E-state index in [9.17, 15) is 4.79 Å². The van der Waals surface area contributed by atoms with Crippen LogP contribution in [0.25, 0.3) is 0 Å². The number of likely N-dealkylation sites (N-methyl/N-ethyl adjacent to an activating group) is 1. The number of hydrogen-bond acceptors (Lipinski definition) is 3. The van der Waals surface area contributed by atoms with Crippen LogP contribution < -0.4 is 10.1 Å². The minimum atomic E-state index is -0.859. The minimum Gasteiger partial charge on any atom is -0.494 e. The highest BCUT2D eigenvalue weighted by molar-refractivity contribution is 9.10. The molecule has 1 aromatic carbocycles. The highest BCUT2D eigenvalue weighted by Crippen LogP contribution is 2.16. The van der Waals surface area contributed by atoms with E-state index in [4.69, 9.17) is 9.84 Å². The molecule has 0 spiro atoms. The zero-order valence-electron chi connectivity index (χ0n) is 8.94. The van der Waals surface area contributed by atoms with Crippen molar-refractivity contribution >= 4 is 21.9 Å². The molecule has 1 unspecified atom stereocenters. The number of halogens is 1. The quantitative estimate of drug-likeness (QED) is 0.839. The summed E-state index contributed by atoms with van der Waals surface area (Å²) in [4.78, 5) is 10.7. The van der Waals surface area contributed by atoms with Crippen LogP contribution in [0.1, 0.15) is 6.42 Å². The maximum Gasteiger partial charge on any atom is 0.320 e. The average Bonchev–Trinajstić information content (AvgIpc) is 2.26. The van der Waals surface area contributed by atoms with Gasteiger partial charge >= 0.3 is 5.97 Å². The lowest BCUT2D eigenvalue weighted by atomic mass is 10.2. The Bertz CT molecular complexity index is 340. The maximum absolute atomic E-state index is 10.7. The van der Waals surface area contributed by atoms with E-state index < -0.39 is 12.0 Å². The van der Waals surface area contributed by atoms with Crippen molar-refractivity contribution in [2.24, 2.45) is 0 Å². The number of nitrogens with one attached hydrogen (secondary N) is 1. The Morgan fingerprint density at radius 3 is 2.62 bits per heavy atom. The van der Waals surface area contributed by atoms with E-state index in [0.29, 0.717) is 13.0 Å². The molecule has 0 aromatic heterocycles. The van der Waals surface area contributed by atoms with Gasteiger partial charge in [-0.15, -0.1) is 0 Å². The third-order valence-electron chi connectivity index (χ3n) is 2.14. The van der Waals surface area contributed by atoms with Gasteiger partial charge in [-0.1, -0.05) is 15.9 Å². The summed E-state index contributed by atoms with van der Waals surface area (Å²) in [5.74, 6) is -0.120. The average molecular weight is 288 g/mol. The Morgan fingerprint density at radius 1 is 1.50 bits per heavy atom. The fourth-order valence-corrected chi connectivity index (χ4v) is 1.48. The molecular formula is C11H14BrNO3. The van der Waals surface area contributed by atoms with Crippen LogP contribution in [0.5, 0.6) is 5.75 Å². The molecule has 0 aliphatic rings. The van der Waals surface area contributed by atoms with Crippen LogP contribution in [0.15, 0.2) is 28.7 Å². The molecule has 0 heterocycles. The van der Waals surface area contributed by atoms with Gasteiger partial charge in [0.25, 0.3) is 0 Å². The molecule has 0 aliphatic carbocycles. The molecule has 1 rings (SSSR count). The lowest BCUT2D eigenvalue weighted by Gasteiger charge is -2.11. The van der Waals surface area contributed by atoms with Crippen molar-refractivity contribution in [3.63, 3.8) is 0 Å². The molecule has 2 N–H and O–H groups in total. The second-order valence-corrected chi connectivity index (χ2v) is 4.19. The van der Waals surface area contributed by atoms with Crippen LogP contribution in [0, 0.1) is 0 Å². The molecular weight excluding hydrogens is 274 g/mol. The Morgan fingerprint density at radius 2 is 2.12 bits per heavy atom. The number of carboxylic acids is 1. The number of carbonyl (C=O) groups is 1. The monoisotopic (exact) mass is 287 g/mol. The largest absolute Gasteiger partial charge is 0.494 e. The molecule has 0 bridgehead atoms. The first-order valence-corrected chi connectivity index (χ1v) is 5.71. The first-order valence-electron chi connectivity index (χ1n) is 4.92. The molecule has 0 saturated heterocycles. The summed E-state index contributed by atoms with van der Waals surface area (Å²) in [6.07, 6.45) is 0.432. The zero-order chi connectivity index (χ0) is 12.0. The lowest BCUT2D eigenvalue weighted by molar-refractivity contribution is -0.139. The Hall–Kier alpha value is -1.07. The molecule has 0 fully saturated rings. The van der Waals surface area contributed by atoms with Crippen molar-refractivity contribution in [1.82, 2.24) is 5.32 Å². The molecule has 1 atom stereocenters. The van der Waals surface area contributed by atoms with Crippen molar-refractivity contribution in [3.05, 3.63) is 28.7 Å². The summed E-state index contributed by atoms with van der Waals surface area (Å²) in [6.45, 7) is 0.374. The van der Waals surface area contributed by atoms with Gasteiger partial charge in [0.15, 0.2) is 0 Å². The van der Waals surface area contributed by atoms with Crippen molar-refractivity contribution in [2.45, 2.75) is 12.5 Å². The molecule has 0 radical (unpaired) electrons. The number of rotatable bonds is 6. The van der Waals surface area contributed by atoms with E-state index in [1.54, 1.807) is 7.05 Å². The lowest BCUT2D eigenvalue weighted by Crippen LogP contribution is -2.35. The van der Waals surface area contributed by atoms with Crippen LogP contribution in [0.4, 0.5) is 0 Å². The van der Waals surface area contributed by atoms with Gasteiger partial charge in [0, 0.05) is 10.9 Å². The number of benzene rings is 1. The number of ether oxygens (including phenoxy) is 1. The molecule has 88 valence electrons. The first-order chi connectivity index (χ1) is 7.63. The predicted octanol–water partition coefficient (Wildman–Crippen LogP) is 1.89. The van der Waals surface area contributed by atoms with Crippen molar-refractivity contribution in [1.29, 1.82) is 0 Å². The van der Waals surface area contributed by atoms with Gasteiger partial charge in [-0.05, 0) is 31.3 Å². The van der Waals surface area contributed by atoms with Gasteiger partial charge in [-0.2, -0.15) is 0 Å². The molecule has 1 aromatic rings. The van der Waals surface area contributed by atoms with Gasteiger partial charge in [-0.25, -0.2) is 0 Å². The molecule has 0 aliphatic heterocycles. The summed E-state index contributed by atoms with van der Waals surface area (Å²) >= 11 is 3.32. The van der Waals surface area contributed by atoms with Gasteiger partial charge in [0.05, 0.1) is 6.61 Å². The van der Waals surface area contributed by atoms with Gasteiger partial charge < -0.3 is 15.2 Å². The van der Waals surface area contributed by atoms with Crippen molar-refractivity contribution in [2.75, 3.05) is 13.7 Å². The summed E-state index contributed by atoms with van der Waals surface area (Å²) in [5, 5.41) is 11.5. The fourth-order valence-electron chi connectivity index (χ4n) is 1.22. The number of carboxylic acid groups (broad SMARTS) is 1. The van der Waals surface area contributed by atoms with E-state index in [1.807, 2.05) is 24.3 Å². The zero-order valence-corrected chi connectivity index (χ0v) is 10.5. The van der Waals surface area contributed by atoms with Crippen molar-refractivity contribution < 1.29 is 14.6 Å². The third kappa shape index (κ3) is 4.20. The third-order valence-corrected chi connectivity index (χ3v) is 2.66. The van der Waals surface area contributed by atoms with Crippen LogP contribution >= 0.6 is 15.9 Å². The fraction of sp³-hybridized carbons (Fsp3) is 0.364. The Balaban J connectivity index is 2.35. The smallest absolute Gasteiger partial charge is 0.320 e. The summed E-state index contributed by atoms with van der Waals surface area (Å²) in [5.41, 5.74) is 0. The highest BCUT2D eigenvalue weighted by atomic mass is 79.9. The molecule has 0 saturated carbocycles.